The van der Waals surface area contributed by atoms with Crippen LogP contribution in [0.2, 0.25) is 0 Å². The number of hydrogen-bond acceptors (Lipinski definition) is 5. The standard InChI is InChI=1S/C18H21N3O4S/c1-12-4-5-17(25-2)16(8-12)20-18(22)15-10-19-9-13-11-21(26(3,23)24)7-6-14(13)15/h4-5,8-10H,6-7,11H2,1-3H3,(H,20,22). The van der Waals surface area contributed by atoms with E-state index in [0.717, 1.165) is 16.7 Å². The number of rotatable bonds is 4. The van der Waals surface area contributed by atoms with Crippen molar-refractivity contribution in [3.63, 3.8) is 0 Å². The third kappa shape index (κ3) is 3.71. The minimum Gasteiger partial charge on any atom is -0.495 e. The number of methoxy groups -OCH3 is 1. The van der Waals surface area contributed by atoms with E-state index in [4.69, 9.17) is 4.74 Å². The average molecular weight is 375 g/mol. The van der Waals surface area contributed by atoms with E-state index in [-0.39, 0.29) is 12.5 Å². The molecule has 2 heterocycles. The molecule has 1 aliphatic rings. The van der Waals surface area contributed by atoms with Crippen LogP contribution in [-0.4, -0.2) is 43.5 Å². The molecule has 1 N–H and O–H groups in total. The van der Waals surface area contributed by atoms with E-state index >= 15 is 0 Å². The lowest BCUT2D eigenvalue weighted by molar-refractivity contribution is 0.102. The molecule has 0 aliphatic carbocycles. The summed E-state index contributed by atoms with van der Waals surface area (Å²) in [5.74, 6) is 0.288. The van der Waals surface area contributed by atoms with Crippen molar-refractivity contribution in [2.24, 2.45) is 0 Å². The first-order chi connectivity index (χ1) is 12.3. The van der Waals surface area contributed by atoms with Crippen LogP contribution in [-0.2, 0) is 23.0 Å². The Morgan fingerprint density at radius 3 is 2.77 bits per heavy atom. The molecule has 1 aliphatic heterocycles. The number of fused-ring (bicyclic) bond motifs is 1. The van der Waals surface area contributed by atoms with Crippen molar-refractivity contribution in [2.45, 2.75) is 19.9 Å². The molecule has 0 radical (unpaired) electrons. The fourth-order valence-electron chi connectivity index (χ4n) is 3.06. The summed E-state index contributed by atoms with van der Waals surface area (Å²) in [7, 11) is -1.73. The number of hydrogen-bond donors (Lipinski definition) is 1. The molecular weight excluding hydrogens is 354 g/mol. The highest BCUT2D eigenvalue weighted by molar-refractivity contribution is 7.88. The Hall–Kier alpha value is -2.45. The molecule has 7 nitrogen and oxygen atoms in total. The molecule has 1 aromatic carbocycles. The number of nitrogens with one attached hydrogen (secondary N) is 1. The first-order valence-electron chi connectivity index (χ1n) is 8.16. The Morgan fingerprint density at radius 2 is 2.08 bits per heavy atom. The third-order valence-electron chi connectivity index (χ3n) is 4.42. The highest BCUT2D eigenvalue weighted by atomic mass is 32.2. The van der Waals surface area contributed by atoms with Gasteiger partial charge in [0.15, 0.2) is 0 Å². The highest BCUT2D eigenvalue weighted by Gasteiger charge is 2.26. The van der Waals surface area contributed by atoms with Crippen LogP contribution in [0.5, 0.6) is 5.75 Å². The van der Waals surface area contributed by atoms with Crippen molar-refractivity contribution in [3.8, 4) is 5.75 Å². The molecule has 2 aromatic rings. The smallest absolute Gasteiger partial charge is 0.257 e. The minimum absolute atomic E-state index is 0.232. The van der Waals surface area contributed by atoms with E-state index in [2.05, 4.69) is 10.3 Å². The quantitative estimate of drug-likeness (QED) is 0.883. The number of sulfonamides is 1. The maximum Gasteiger partial charge on any atom is 0.257 e. The van der Waals surface area contributed by atoms with Crippen molar-refractivity contribution in [2.75, 3.05) is 25.2 Å². The first-order valence-corrected chi connectivity index (χ1v) is 10.0. The Bertz CT molecular complexity index is 957. The fraction of sp³-hybridized carbons (Fsp3) is 0.333. The van der Waals surface area contributed by atoms with Gasteiger partial charge in [-0.25, -0.2) is 8.42 Å². The number of nitrogens with zero attached hydrogens (tertiary/aromatic N) is 2. The van der Waals surface area contributed by atoms with E-state index < -0.39 is 10.0 Å². The van der Waals surface area contributed by atoms with E-state index in [1.54, 1.807) is 19.4 Å². The molecule has 1 aromatic heterocycles. The van der Waals surface area contributed by atoms with Crippen LogP contribution in [0.3, 0.4) is 0 Å². The second kappa shape index (κ2) is 7.05. The normalized spacial score (nSPS) is 14.6. The van der Waals surface area contributed by atoms with Gasteiger partial charge in [0, 0.05) is 25.5 Å². The zero-order valence-electron chi connectivity index (χ0n) is 14.9. The molecule has 0 spiro atoms. The van der Waals surface area contributed by atoms with Gasteiger partial charge in [0.1, 0.15) is 5.75 Å². The monoisotopic (exact) mass is 375 g/mol. The predicted octanol–water partition coefficient (Wildman–Crippen LogP) is 1.97. The van der Waals surface area contributed by atoms with Crippen molar-refractivity contribution >= 4 is 21.6 Å². The molecule has 8 heteroatoms. The molecule has 1 amide bonds. The van der Waals surface area contributed by atoms with Gasteiger partial charge in [-0.1, -0.05) is 6.07 Å². The molecule has 0 saturated carbocycles. The van der Waals surface area contributed by atoms with E-state index in [0.29, 0.717) is 30.0 Å². The first kappa shape index (κ1) is 18.3. The van der Waals surface area contributed by atoms with Crippen LogP contribution in [0.15, 0.2) is 30.6 Å². The van der Waals surface area contributed by atoms with Gasteiger partial charge >= 0.3 is 0 Å². The molecule has 138 valence electrons. The van der Waals surface area contributed by atoms with Gasteiger partial charge in [0.2, 0.25) is 10.0 Å². The SMILES string of the molecule is COc1ccc(C)cc1NC(=O)c1cncc2c1CCN(S(C)(=O)=O)C2. The summed E-state index contributed by atoms with van der Waals surface area (Å²) in [6, 6.07) is 5.54. The number of aromatic nitrogens is 1. The summed E-state index contributed by atoms with van der Waals surface area (Å²) in [6.45, 7) is 2.51. The zero-order chi connectivity index (χ0) is 18.9. The Labute approximate surface area is 153 Å². The van der Waals surface area contributed by atoms with Gasteiger partial charge in [-0.2, -0.15) is 4.31 Å². The van der Waals surface area contributed by atoms with Gasteiger partial charge in [0.05, 0.1) is 24.6 Å². The van der Waals surface area contributed by atoms with E-state index in [1.807, 2.05) is 19.1 Å². The number of amides is 1. The largest absolute Gasteiger partial charge is 0.495 e. The second-order valence-corrected chi connectivity index (χ2v) is 8.31. The van der Waals surface area contributed by atoms with E-state index in [1.165, 1.54) is 16.8 Å². The maximum atomic E-state index is 12.8. The number of aryl methyl sites for hydroxylation is 1. The summed E-state index contributed by atoms with van der Waals surface area (Å²) < 4.78 is 30.2. The predicted molar refractivity (Wildman–Crippen MR) is 98.9 cm³/mol. The van der Waals surface area contributed by atoms with Gasteiger partial charge in [-0.15, -0.1) is 0 Å². The lowest BCUT2D eigenvalue weighted by atomic mass is 9.98. The molecule has 3 rings (SSSR count). The molecule has 0 bridgehead atoms. The van der Waals surface area contributed by atoms with Gasteiger partial charge in [-0.05, 0) is 42.2 Å². The summed E-state index contributed by atoms with van der Waals surface area (Å²) >= 11 is 0. The molecule has 0 saturated heterocycles. The average Bonchev–Trinajstić information content (AvgIpc) is 2.60. The zero-order valence-corrected chi connectivity index (χ0v) is 15.8. The summed E-state index contributed by atoms with van der Waals surface area (Å²) in [4.78, 5) is 16.9. The van der Waals surface area contributed by atoms with Crippen LogP contribution in [0.4, 0.5) is 5.69 Å². The Balaban J connectivity index is 1.90. The third-order valence-corrected chi connectivity index (χ3v) is 5.67. The summed E-state index contributed by atoms with van der Waals surface area (Å²) in [5.41, 5.74) is 3.63. The van der Waals surface area contributed by atoms with Crippen LogP contribution < -0.4 is 10.1 Å². The van der Waals surface area contributed by atoms with Crippen molar-refractivity contribution in [1.29, 1.82) is 0 Å². The summed E-state index contributed by atoms with van der Waals surface area (Å²) in [6.07, 6.45) is 4.80. The molecule has 0 unspecified atom stereocenters. The molecule has 0 atom stereocenters. The minimum atomic E-state index is -3.28. The van der Waals surface area contributed by atoms with Crippen LogP contribution in [0, 0.1) is 6.92 Å². The van der Waals surface area contributed by atoms with Crippen molar-refractivity contribution in [3.05, 3.63) is 52.8 Å². The number of ether oxygens (including phenoxy) is 1. The van der Waals surface area contributed by atoms with Gasteiger partial charge in [-0.3, -0.25) is 9.78 Å². The fourth-order valence-corrected chi connectivity index (χ4v) is 3.85. The lowest BCUT2D eigenvalue weighted by Crippen LogP contribution is -2.36. The number of carbonyl (C=O) groups excluding carboxylic acids is 1. The highest BCUT2D eigenvalue weighted by Crippen LogP contribution is 2.28. The number of pyridine rings is 1. The number of anilines is 1. The number of benzene rings is 1. The van der Waals surface area contributed by atoms with Gasteiger partial charge in [0.25, 0.3) is 5.91 Å². The number of carbonyl (C=O) groups is 1. The Morgan fingerprint density at radius 1 is 1.31 bits per heavy atom. The van der Waals surface area contributed by atoms with Crippen LogP contribution in [0.1, 0.15) is 27.0 Å². The second-order valence-electron chi connectivity index (χ2n) is 6.33. The van der Waals surface area contributed by atoms with Crippen molar-refractivity contribution < 1.29 is 17.9 Å². The molecule has 26 heavy (non-hydrogen) atoms. The van der Waals surface area contributed by atoms with E-state index in [9.17, 15) is 13.2 Å². The van der Waals surface area contributed by atoms with Crippen LogP contribution >= 0.6 is 0 Å². The van der Waals surface area contributed by atoms with Crippen molar-refractivity contribution in [1.82, 2.24) is 9.29 Å². The maximum absolute atomic E-state index is 12.8. The Kier molecular flexibility index (Phi) is 4.97. The summed E-state index contributed by atoms with van der Waals surface area (Å²) in [5, 5.41) is 2.87. The lowest BCUT2D eigenvalue weighted by Gasteiger charge is -2.27. The van der Waals surface area contributed by atoms with Gasteiger partial charge < -0.3 is 10.1 Å². The topological polar surface area (TPSA) is 88.6 Å². The molecular formula is C18H21N3O4S. The molecule has 0 fully saturated rings. The van der Waals surface area contributed by atoms with Crippen LogP contribution in [0.25, 0.3) is 0 Å².